The van der Waals surface area contributed by atoms with Gasteiger partial charge in [-0.1, -0.05) is 176 Å². The molecule has 0 aliphatic rings. The second-order valence-electron chi connectivity index (χ2n) is 16.6. The molecular formula is C60H38N4S. The normalized spacial score (nSPS) is 11.7. The maximum atomic E-state index is 5.11. The minimum Gasteiger partial charge on any atom is -0.309 e. The second kappa shape index (κ2) is 15.2. The Hall–Kier alpha value is -8.38. The van der Waals surface area contributed by atoms with Gasteiger partial charge in [-0.15, -0.1) is 0 Å². The molecule has 0 unspecified atom stereocenters. The standard InChI is InChI=1S/C60H38N4S/c1-2-14-39(15-3-1)40-28-32-44(33-29-40)63(45-34-30-43(31-35-45)47-25-12-18-41-16-4-6-20-46(41)47)56-37-36-51(59-60(56)62-65-61-59)53-38-57-58(50-23-9-8-22-49(50)53)52-24-10-11-26-55(52)64(57)54-27-13-19-42-17-5-7-21-48(42)54/h1-38H. The van der Waals surface area contributed by atoms with E-state index in [9.17, 15) is 0 Å². The number of aromatic nitrogens is 3. The largest absolute Gasteiger partial charge is 0.309 e. The summed E-state index contributed by atoms with van der Waals surface area (Å²) in [6.45, 7) is 0. The summed E-state index contributed by atoms with van der Waals surface area (Å²) in [7, 11) is 0. The maximum Gasteiger partial charge on any atom is 0.129 e. The Labute approximate surface area is 379 Å². The molecule has 0 atom stereocenters. The zero-order chi connectivity index (χ0) is 42.8. The van der Waals surface area contributed by atoms with Crippen LogP contribution in [0.4, 0.5) is 17.1 Å². The summed E-state index contributed by atoms with van der Waals surface area (Å²) < 4.78 is 12.7. The molecule has 11 aromatic carbocycles. The van der Waals surface area contributed by atoms with Gasteiger partial charge in [0, 0.05) is 33.1 Å². The molecule has 0 saturated heterocycles. The van der Waals surface area contributed by atoms with Crippen molar-refractivity contribution in [2.75, 3.05) is 4.90 Å². The summed E-state index contributed by atoms with van der Waals surface area (Å²) in [4.78, 5) is 2.33. The van der Waals surface area contributed by atoms with E-state index >= 15 is 0 Å². The zero-order valence-electron chi connectivity index (χ0n) is 35.1. The highest BCUT2D eigenvalue weighted by Gasteiger charge is 2.24. The van der Waals surface area contributed by atoms with Crippen molar-refractivity contribution in [2.45, 2.75) is 0 Å². The minimum atomic E-state index is 0.858. The molecule has 65 heavy (non-hydrogen) atoms. The average molecular weight is 847 g/mol. The van der Waals surface area contributed by atoms with Crippen LogP contribution in [-0.2, 0) is 0 Å². The van der Waals surface area contributed by atoms with Gasteiger partial charge >= 0.3 is 0 Å². The summed E-state index contributed by atoms with van der Waals surface area (Å²) >= 11 is 1.27. The van der Waals surface area contributed by atoms with E-state index in [1.165, 1.54) is 82.6 Å². The van der Waals surface area contributed by atoms with Gasteiger partial charge in [0.2, 0.25) is 0 Å². The molecule has 4 nitrogen and oxygen atoms in total. The molecule has 0 bridgehead atoms. The first-order valence-electron chi connectivity index (χ1n) is 22.0. The van der Waals surface area contributed by atoms with Crippen molar-refractivity contribution >= 4 is 93.9 Å². The van der Waals surface area contributed by atoms with Crippen molar-refractivity contribution in [3.63, 3.8) is 0 Å². The summed E-state index contributed by atoms with van der Waals surface area (Å²) in [5, 5.41) is 9.76. The van der Waals surface area contributed by atoms with Gasteiger partial charge in [0.15, 0.2) is 0 Å². The fraction of sp³-hybridized carbons (Fsp3) is 0. The Balaban J connectivity index is 1.01. The summed E-state index contributed by atoms with van der Waals surface area (Å²) in [5.74, 6) is 0. The summed E-state index contributed by atoms with van der Waals surface area (Å²) in [5.41, 5.74) is 15.2. The molecule has 0 aliphatic carbocycles. The number of fused-ring (bicyclic) bond motifs is 8. The Morgan fingerprint density at radius 3 is 1.69 bits per heavy atom. The van der Waals surface area contributed by atoms with E-state index in [0.29, 0.717) is 0 Å². The van der Waals surface area contributed by atoms with Gasteiger partial charge in [0.25, 0.3) is 0 Å². The van der Waals surface area contributed by atoms with Gasteiger partial charge in [-0.3, -0.25) is 0 Å². The molecule has 304 valence electrons. The molecule has 0 fully saturated rings. The smallest absolute Gasteiger partial charge is 0.129 e. The monoisotopic (exact) mass is 846 g/mol. The van der Waals surface area contributed by atoms with Crippen LogP contribution in [0.1, 0.15) is 0 Å². The molecule has 13 aromatic rings. The zero-order valence-corrected chi connectivity index (χ0v) is 36.0. The van der Waals surface area contributed by atoms with Crippen LogP contribution in [0.25, 0.3) is 104 Å². The molecule has 2 aromatic heterocycles. The van der Waals surface area contributed by atoms with Crippen molar-refractivity contribution in [1.29, 1.82) is 0 Å². The maximum absolute atomic E-state index is 5.11. The van der Waals surface area contributed by atoms with Crippen LogP contribution in [0.2, 0.25) is 0 Å². The Morgan fingerprint density at radius 1 is 0.354 bits per heavy atom. The van der Waals surface area contributed by atoms with E-state index in [-0.39, 0.29) is 0 Å². The number of nitrogens with zero attached hydrogens (tertiary/aromatic N) is 4. The lowest BCUT2D eigenvalue weighted by atomic mass is 9.93. The molecule has 0 saturated carbocycles. The van der Waals surface area contributed by atoms with E-state index in [4.69, 9.17) is 8.75 Å². The van der Waals surface area contributed by atoms with Crippen LogP contribution in [0.15, 0.2) is 231 Å². The van der Waals surface area contributed by atoms with Crippen LogP contribution in [0, 0.1) is 0 Å². The number of para-hydroxylation sites is 1. The van der Waals surface area contributed by atoms with Crippen LogP contribution in [0.5, 0.6) is 0 Å². The highest BCUT2D eigenvalue weighted by Crippen LogP contribution is 2.46. The fourth-order valence-electron chi connectivity index (χ4n) is 10.1. The van der Waals surface area contributed by atoms with Gasteiger partial charge in [-0.2, -0.15) is 8.75 Å². The van der Waals surface area contributed by atoms with Gasteiger partial charge < -0.3 is 9.47 Å². The molecule has 5 heteroatoms. The molecule has 0 radical (unpaired) electrons. The molecule has 0 amide bonds. The topological polar surface area (TPSA) is 34.0 Å². The fourth-order valence-corrected chi connectivity index (χ4v) is 10.7. The first kappa shape index (κ1) is 37.2. The molecule has 0 spiro atoms. The first-order chi connectivity index (χ1) is 32.3. The molecule has 0 aliphatic heterocycles. The number of anilines is 3. The van der Waals surface area contributed by atoms with E-state index in [1.807, 2.05) is 0 Å². The first-order valence-corrected chi connectivity index (χ1v) is 22.7. The second-order valence-corrected chi connectivity index (χ2v) is 17.2. The van der Waals surface area contributed by atoms with E-state index < -0.39 is 0 Å². The number of hydrogen-bond donors (Lipinski definition) is 0. The summed E-state index contributed by atoms with van der Waals surface area (Å²) in [6, 6.07) is 83.3. The van der Waals surface area contributed by atoms with Crippen molar-refractivity contribution in [1.82, 2.24) is 13.3 Å². The average Bonchev–Trinajstić information content (AvgIpc) is 4.01. The van der Waals surface area contributed by atoms with Crippen LogP contribution in [0.3, 0.4) is 0 Å². The quantitative estimate of drug-likeness (QED) is 0.160. The van der Waals surface area contributed by atoms with Crippen molar-refractivity contribution in [3.05, 3.63) is 231 Å². The van der Waals surface area contributed by atoms with Crippen molar-refractivity contribution < 1.29 is 0 Å². The molecule has 2 heterocycles. The van der Waals surface area contributed by atoms with Crippen LogP contribution in [-0.4, -0.2) is 13.3 Å². The van der Waals surface area contributed by atoms with Crippen LogP contribution >= 0.6 is 11.7 Å². The number of hydrogen-bond acceptors (Lipinski definition) is 4. The summed E-state index contributed by atoms with van der Waals surface area (Å²) in [6.07, 6.45) is 0. The number of benzene rings is 11. The lowest BCUT2D eigenvalue weighted by Crippen LogP contribution is -2.10. The lowest BCUT2D eigenvalue weighted by Gasteiger charge is -2.26. The predicted octanol–water partition coefficient (Wildman–Crippen LogP) is 16.7. The Kier molecular flexibility index (Phi) is 8.68. The van der Waals surface area contributed by atoms with Crippen molar-refractivity contribution in [3.8, 4) is 39.1 Å². The third kappa shape index (κ3) is 6.05. The SMILES string of the molecule is c1ccc(-c2ccc(N(c3ccc(-c4cccc5ccccc45)cc3)c3ccc(-c4cc5c(c6ccccc46)c4ccccc4n5-c4cccc5ccccc45)c4nsnc34)cc2)cc1. The van der Waals surface area contributed by atoms with E-state index in [0.717, 1.165) is 50.4 Å². The van der Waals surface area contributed by atoms with Gasteiger partial charge in [0.1, 0.15) is 11.0 Å². The molecule has 0 N–H and O–H groups in total. The van der Waals surface area contributed by atoms with E-state index in [2.05, 4.69) is 240 Å². The number of rotatable bonds is 7. The predicted molar refractivity (Wildman–Crippen MR) is 275 cm³/mol. The lowest BCUT2D eigenvalue weighted by molar-refractivity contribution is 1.20. The highest BCUT2D eigenvalue weighted by molar-refractivity contribution is 7.00. The Morgan fingerprint density at radius 2 is 0.923 bits per heavy atom. The highest BCUT2D eigenvalue weighted by atomic mass is 32.1. The van der Waals surface area contributed by atoms with E-state index in [1.54, 1.807) is 0 Å². The molecular weight excluding hydrogens is 809 g/mol. The molecule has 13 rings (SSSR count). The van der Waals surface area contributed by atoms with Crippen molar-refractivity contribution in [2.24, 2.45) is 0 Å². The van der Waals surface area contributed by atoms with Gasteiger partial charge in [-0.05, 0) is 109 Å². The minimum absolute atomic E-state index is 0.858. The van der Waals surface area contributed by atoms with Gasteiger partial charge in [0.05, 0.1) is 34.1 Å². The third-order valence-corrected chi connectivity index (χ3v) is 13.6. The van der Waals surface area contributed by atoms with Gasteiger partial charge in [-0.25, -0.2) is 0 Å². The third-order valence-electron chi connectivity index (χ3n) is 13.1. The van der Waals surface area contributed by atoms with Crippen LogP contribution < -0.4 is 4.90 Å². The Bertz CT molecular complexity index is 3930.